The van der Waals surface area contributed by atoms with Crippen molar-refractivity contribution in [3.05, 3.63) is 24.3 Å². The summed E-state index contributed by atoms with van der Waals surface area (Å²) in [7, 11) is -3.31. The maximum absolute atomic E-state index is 11.6. The first-order valence-electron chi connectivity index (χ1n) is 4.13. The SMILES string of the molecule is O=S(=O)(CCCl)c1ccc(SOOO)cc1. The normalized spacial score (nSPS) is 11.6. The van der Waals surface area contributed by atoms with Gasteiger partial charge in [0.1, 0.15) is 0 Å². The molecule has 5 nitrogen and oxygen atoms in total. The van der Waals surface area contributed by atoms with Crippen molar-refractivity contribution in [2.45, 2.75) is 9.79 Å². The zero-order valence-corrected chi connectivity index (χ0v) is 10.4. The van der Waals surface area contributed by atoms with E-state index in [-0.39, 0.29) is 16.5 Å². The summed E-state index contributed by atoms with van der Waals surface area (Å²) in [6.45, 7) is 0. The van der Waals surface area contributed by atoms with Crippen LogP contribution < -0.4 is 0 Å². The van der Waals surface area contributed by atoms with E-state index >= 15 is 0 Å². The molecule has 16 heavy (non-hydrogen) atoms. The van der Waals surface area contributed by atoms with Crippen LogP contribution in [0, 0.1) is 0 Å². The third-order valence-electron chi connectivity index (χ3n) is 1.69. The maximum Gasteiger partial charge on any atom is 0.179 e. The highest BCUT2D eigenvalue weighted by atomic mass is 35.5. The second-order valence-electron chi connectivity index (χ2n) is 2.71. The van der Waals surface area contributed by atoms with E-state index in [1.54, 1.807) is 0 Å². The third-order valence-corrected chi connectivity index (χ3v) is 4.43. The van der Waals surface area contributed by atoms with E-state index in [4.69, 9.17) is 16.9 Å². The molecular weight excluding hydrogens is 276 g/mol. The molecule has 1 rings (SSSR count). The minimum Gasteiger partial charge on any atom is -0.224 e. The molecule has 0 aromatic heterocycles. The predicted molar refractivity (Wildman–Crippen MR) is 59.9 cm³/mol. The number of sulfone groups is 1. The minimum absolute atomic E-state index is 0.0559. The lowest BCUT2D eigenvalue weighted by Crippen LogP contribution is -2.07. The van der Waals surface area contributed by atoms with Crippen LogP contribution in [0.15, 0.2) is 34.1 Å². The Morgan fingerprint density at radius 2 is 1.94 bits per heavy atom. The molecule has 8 heteroatoms. The van der Waals surface area contributed by atoms with Gasteiger partial charge in [-0.05, 0) is 24.3 Å². The molecule has 0 saturated carbocycles. The number of hydrogen-bond acceptors (Lipinski definition) is 6. The lowest BCUT2D eigenvalue weighted by atomic mass is 10.4. The Labute approximate surface area is 102 Å². The fourth-order valence-electron chi connectivity index (χ4n) is 0.976. The molecule has 0 atom stereocenters. The molecular formula is C8H9ClO5S2. The van der Waals surface area contributed by atoms with Crippen molar-refractivity contribution >= 4 is 33.5 Å². The van der Waals surface area contributed by atoms with Gasteiger partial charge in [0, 0.05) is 10.8 Å². The standard InChI is InChI=1S/C8H9ClO5S2/c9-5-6-16(11,12)8-3-1-7(2-4-8)15-14-13-10/h1-4,10H,5-6H2. The second kappa shape index (κ2) is 6.43. The van der Waals surface area contributed by atoms with Gasteiger partial charge in [0.05, 0.1) is 22.7 Å². The molecule has 0 fully saturated rings. The van der Waals surface area contributed by atoms with E-state index in [9.17, 15) is 8.42 Å². The lowest BCUT2D eigenvalue weighted by molar-refractivity contribution is -0.432. The fraction of sp³-hybridized carbons (Fsp3) is 0.250. The smallest absolute Gasteiger partial charge is 0.179 e. The molecule has 1 aromatic rings. The third kappa shape index (κ3) is 3.93. The molecule has 0 amide bonds. The van der Waals surface area contributed by atoms with Gasteiger partial charge in [-0.1, -0.05) is 5.04 Å². The highest BCUT2D eigenvalue weighted by Crippen LogP contribution is 2.21. The van der Waals surface area contributed by atoms with E-state index in [1.165, 1.54) is 24.3 Å². The van der Waals surface area contributed by atoms with Crippen LogP contribution in [0.25, 0.3) is 0 Å². The topological polar surface area (TPSA) is 72.8 Å². The Hall–Kier alpha value is -0.310. The Morgan fingerprint density at radius 1 is 1.31 bits per heavy atom. The van der Waals surface area contributed by atoms with Crippen molar-refractivity contribution in [2.24, 2.45) is 0 Å². The number of benzene rings is 1. The monoisotopic (exact) mass is 284 g/mol. The molecule has 0 aliphatic carbocycles. The van der Waals surface area contributed by atoms with Crippen LogP contribution in [-0.4, -0.2) is 25.3 Å². The minimum atomic E-state index is -3.31. The van der Waals surface area contributed by atoms with Crippen LogP contribution in [0.3, 0.4) is 0 Å². The molecule has 0 aliphatic rings. The van der Waals surface area contributed by atoms with Crippen LogP contribution in [0.2, 0.25) is 0 Å². The average molecular weight is 285 g/mol. The zero-order chi connectivity index (χ0) is 12.0. The zero-order valence-electron chi connectivity index (χ0n) is 8.00. The van der Waals surface area contributed by atoms with E-state index in [0.717, 1.165) is 12.0 Å². The van der Waals surface area contributed by atoms with Gasteiger partial charge >= 0.3 is 0 Å². The van der Waals surface area contributed by atoms with E-state index in [1.807, 2.05) is 0 Å². The molecule has 0 unspecified atom stereocenters. The molecule has 1 N–H and O–H groups in total. The van der Waals surface area contributed by atoms with Crippen LogP contribution in [0.5, 0.6) is 0 Å². The summed E-state index contributed by atoms with van der Waals surface area (Å²) >= 11 is 6.15. The molecule has 0 heterocycles. The largest absolute Gasteiger partial charge is 0.224 e. The van der Waals surface area contributed by atoms with Gasteiger partial charge in [-0.3, -0.25) is 0 Å². The van der Waals surface area contributed by atoms with E-state index < -0.39 is 9.84 Å². The van der Waals surface area contributed by atoms with E-state index in [2.05, 4.69) is 9.37 Å². The molecule has 0 saturated heterocycles. The van der Waals surface area contributed by atoms with Gasteiger partial charge in [0.15, 0.2) is 9.84 Å². The first-order valence-corrected chi connectivity index (χ1v) is 7.06. The second-order valence-corrected chi connectivity index (χ2v) is 5.97. The van der Waals surface area contributed by atoms with Crippen molar-refractivity contribution in [2.75, 3.05) is 11.6 Å². The predicted octanol–water partition coefficient (Wildman–Crippen LogP) is 2.13. The maximum atomic E-state index is 11.6. The fourth-order valence-corrected chi connectivity index (χ4v) is 2.93. The number of halogens is 1. The molecule has 90 valence electrons. The highest BCUT2D eigenvalue weighted by molar-refractivity contribution is 7.94. The lowest BCUT2D eigenvalue weighted by Gasteiger charge is -2.03. The Bertz CT molecular complexity index is 417. The highest BCUT2D eigenvalue weighted by Gasteiger charge is 2.13. The summed E-state index contributed by atoms with van der Waals surface area (Å²) in [5, 5.41) is 11.3. The van der Waals surface area contributed by atoms with Crippen molar-refractivity contribution in [1.29, 1.82) is 0 Å². The van der Waals surface area contributed by atoms with Gasteiger partial charge in [0.2, 0.25) is 0 Å². The molecule has 0 spiro atoms. The first kappa shape index (κ1) is 13.8. The summed E-state index contributed by atoms with van der Waals surface area (Å²) in [4.78, 5) is 0.793. The summed E-state index contributed by atoms with van der Waals surface area (Å²) in [5.41, 5.74) is 0. The van der Waals surface area contributed by atoms with E-state index in [0.29, 0.717) is 4.90 Å². The van der Waals surface area contributed by atoms with Gasteiger partial charge in [-0.15, -0.1) is 15.9 Å². The van der Waals surface area contributed by atoms with Crippen LogP contribution in [0.4, 0.5) is 0 Å². The summed E-state index contributed by atoms with van der Waals surface area (Å²) < 4.78 is 27.3. The van der Waals surface area contributed by atoms with Crippen LogP contribution >= 0.6 is 23.6 Å². The molecule has 1 aromatic carbocycles. The van der Waals surface area contributed by atoms with Crippen LogP contribution in [-0.2, 0) is 19.2 Å². The number of rotatable bonds is 6. The number of hydrogen-bond donors (Lipinski definition) is 1. The quantitative estimate of drug-likeness (QED) is 0.373. The first-order chi connectivity index (χ1) is 7.60. The van der Waals surface area contributed by atoms with Crippen molar-refractivity contribution < 1.29 is 23.0 Å². The van der Waals surface area contributed by atoms with Crippen molar-refractivity contribution in [3.63, 3.8) is 0 Å². The summed E-state index contributed by atoms with van der Waals surface area (Å²) in [6, 6.07) is 5.94. The molecule has 0 bridgehead atoms. The summed E-state index contributed by atoms with van der Waals surface area (Å²) in [5.74, 6) is -0.0441. The van der Waals surface area contributed by atoms with Crippen molar-refractivity contribution in [1.82, 2.24) is 0 Å². The van der Waals surface area contributed by atoms with Gasteiger partial charge in [0.25, 0.3) is 0 Å². The summed E-state index contributed by atoms with van der Waals surface area (Å²) in [6.07, 6.45) is 0. The van der Waals surface area contributed by atoms with Crippen LogP contribution in [0.1, 0.15) is 0 Å². The molecule has 0 radical (unpaired) electrons. The Morgan fingerprint density at radius 3 is 2.44 bits per heavy atom. The van der Waals surface area contributed by atoms with Crippen molar-refractivity contribution in [3.8, 4) is 0 Å². The molecule has 0 aliphatic heterocycles. The van der Waals surface area contributed by atoms with Gasteiger partial charge in [-0.2, -0.15) is 0 Å². The Kier molecular flexibility index (Phi) is 5.53. The number of alkyl halides is 1. The average Bonchev–Trinajstić information content (AvgIpc) is 2.27. The van der Waals surface area contributed by atoms with Gasteiger partial charge < -0.3 is 0 Å². The van der Waals surface area contributed by atoms with Gasteiger partial charge in [-0.25, -0.2) is 13.7 Å². The Balaban J connectivity index is 2.78.